The molecule has 0 saturated carbocycles. The lowest BCUT2D eigenvalue weighted by Gasteiger charge is -2.16. The van der Waals surface area contributed by atoms with Crippen LogP contribution in [-0.2, 0) is 13.8 Å². The molecule has 13 nitrogen and oxygen atoms in total. The molecular formula is C10H16N5O8P. The summed E-state index contributed by atoms with van der Waals surface area (Å²) in [6, 6.07) is 0. The quantitative estimate of drug-likeness (QED) is 0.351. The SMILES string of the molecule is Nc1ncnc2c1ncn2[C@@H]1OC(COP(=O)(O)O)[C@@H](O)C1O.O. The van der Waals surface area contributed by atoms with Gasteiger partial charge in [0.1, 0.15) is 30.2 Å². The third-order valence-electron chi connectivity index (χ3n) is 3.41. The Morgan fingerprint density at radius 3 is 2.67 bits per heavy atom. The van der Waals surface area contributed by atoms with Gasteiger partial charge in [-0.3, -0.25) is 9.09 Å². The van der Waals surface area contributed by atoms with Gasteiger partial charge in [0.2, 0.25) is 0 Å². The van der Waals surface area contributed by atoms with Crippen molar-refractivity contribution in [2.45, 2.75) is 24.5 Å². The second-order valence-electron chi connectivity index (χ2n) is 4.92. The number of aromatic nitrogens is 4. The third-order valence-corrected chi connectivity index (χ3v) is 3.89. The number of rotatable bonds is 4. The van der Waals surface area contributed by atoms with E-state index in [1.165, 1.54) is 17.2 Å². The fourth-order valence-electron chi connectivity index (χ4n) is 2.32. The lowest BCUT2D eigenvalue weighted by molar-refractivity contribution is -0.0504. The molecule has 1 fully saturated rings. The van der Waals surface area contributed by atoms with Crippen LogP contribution in [0.5, 0.6) is 0 Å². The van der Waals surface area contributed by atoms with Gasteiger partial charge in [-0.15, -0.1) is 0 Å². The molecule has 134 valence electrons. The van der Waals surface area contributed by atoms with Crippen molar-refractivity contribution < 1.29 is 39.3 Å². The first-order valence-electron chi connectivity index (χ1n) is 6.42. The first-order chi connectivity index (χ1) is 10.8. The van der Waals surface area contributed by atoms with E-state index in [1.807, 2.05) is 0 Å². The van der Waals surface area contributed by atoms with Gasteiger partial charge in [-0.05, 0) is 0 Å². The van der Waals surface area contributed by atoms with Crippen molar-refractivity contribution in [3.63, 3.8) is 0 Å². The van der Waals surface area contributed by atoms with Gasteiger partial charge in [-0.2, -0.15) is 0 Å². The highest BCUT2D eigenvalue weighted by Gasteiger charge is 2.45. The monoisotopic (exact) mass is 365 g/mol. The normalized spacial score (nSPS) is 27.3. The van der Waals surface area contributed by atoms with E-state index in [-0.39, 0.29) is 16.9 Å². The van der Waals surface area contributed by atoms with Gasteiger partial charge in [0.25, 0.3) is 0 Å². The number of nitrogen functional groups attached to an aromatic ring is 1. The molecule has 8 N–H and O–H groups in total. The number of imidazole rings is 1. The van der Waals surface area contributed by atoms with Crippen LogP contribution in [0.1, 0.15) is 6.23 Å². The first-order valence-corrected chi connectivity index (χ1v) is 7.95. The zero-order valence-electron chi connectivity index (χ0n) is 12.0. The predicted molar refractivity (Wildman–Crippen MR) is 77.3 cm³/mol. The van der Waals surface area contributed by atoms with Crippen molar-refractivity contribution in [2.24, 2.45) is 0 Å². The second-order valence-corrected chi connectivity index (χ2v) is 6.15. The van der Waals surface area contributed by atoms with Gasteiger partial charge in [-0.1, -0.05) is 0 Å². The van der Waals surface area contributed by atoms with E-state index in [0.29, 0.717) is 5.52 Å². The molecule has 0 amide bonds. The van der Waals surface area contributed by atoms with Crippen LogP contribution in [-0.4, -0.2) is 69.9 Å². The summed E-state index contributed by atoms with van der Waals surface area (Å²) in [5.74, 6) is 0.142. The number of aliphatic hydroxyl groups is 2. The lowest BCUT2D eigenvalue weighted by Crippen LogP contribution is -2.33. The Kier molecular flexibility index (Phi) is 5.17. The van der Waals surface area contributed by atoms with Gasteiger partial charge in [0.15, 0.2) is 17.7 Å². The molecule has 0 bridgehead atoms. The Hall–Kier alpha value is -1.70. The van der Waals surface area contributed by atoms with Crippen LogP contribution >= 0.6 is 7.82 Å². The lowest BCUT2D eigenvalue weighted by atomic mass is 10.1. The van der Waals surface area contributed by atoms with Crippen LogP contribution in [0, 0.1) is 0 Å². The van der Waals surface area contributed by atoms with Crippen LogP contribution in [0.4, 0.5) is 5.82 Å². The van der Waals surface area contributed by atoms with Crippen LogP contribution < -0.4 is 5.73 Å². The summed E-state index contributed by atoms with van der Waals surface area (Å²) < 4.78 is 21.8. The smallest absolute Gasteiger partial charge is 0.412 e. The highest BCUT2D eigenvalue weighted by molar-refractivity contribution is 7.46. The van der Waals surface area contributed by atoms with Crippen molar-refractivity contribution in [3.05, 3.63) is 12.7 Å². The topological polar surface area (TPSA) is 218 Å². The molecule has 14 heteroatoms. The van der Waals surface area contributed by atoms with Crippen molar-refractivity contribution in [2.75, 3.05) is 12.3 Å². The number of anilines is 1. The summed E-state index contributed by atoms with van der Waals surface area (Å²) in [5, 5.41) is 20.1. The number of aliphatic hydroxyl groups excluding tert-OH is 2. The Bertz CT molecular complexity index is 765. The zero-order valence-corrected chi connectivity index (χ0v) is 12.9. The molecule has 1 saturated heterocycles. The molecule has 2 aromatic heterocycles. The molecule has 0 spiro atoms. The Morgan fingerprint density at radius 2 is 2.00 bits per heavy atom. The summed E-state index contributed by atoms with van der Waals surface area (Å²) in [5.41, 5.74) is 6.25. The minimum Gasteiger partial charge on any atom is -0.412 e. The molecule has 1 aliphatic rings. The van der Waals surface area contributed by atoms with Crippen molar-refractivity contribution in [1.82, 2.24) is 19.5 Å². The second kappa shape index (κ2) is 6.66. The Labute approximate surface area is 134 Å². The number of phosphoric acid groups is 1. The molecule has 4 atom stereocenters. The Morgan fingerprint density at radius 1 is 1.29 bits per heavy atom. The zero-order chi connectivity index (χ0) is 16.8. The van der Waals surface area contributed by atoms with Crippen molar-refractivity contribution in [1.29, 1.82) is 0 Å². The molecule has 0 aliphatic carbocycles. The van der Waals surface area contributed by atoms with E-state index in [0.717, 1.165) is 0 Å². The molecule has 3 rings (SSSR count). The molecule has 2 unspecified atom stereocenters. The van der Waals surface area contributed by atoms with Gasteiger partial charge in [0, 0.05) is 0 Å². The predicted octanol–water partition coefficient (Wildman–Crippen LogP) is -2.69. The maximum atomic E-state index is 10.7. The summed E-state index contributed by atoms with van der Waals surface area (Å²) >= 11 is 0. The highest BCUT2D eigenvalue weighted by Crippen LogP contribution is 2.38. The average molecular weight is 365 g/mol. The summed E-state index contributed by atoms with van der Waals surface area (Å²) in [6.07, 6.45) is -2.49. The van der Waals surface area contributed by atoms with Crippen molar-refractivity contribution in [3.8, 4) is 0 Å². The maximum Gasteiger partial charge on any atom is 0.469 e. The molecule has 1 aliphatic heterocycles. The van der Waals surface area contributed by atoms with E-state index in [9.17, 15) is 14.8 Å². The van der Waals surface area contributed by atoms with Crippen LogP contribution in [0.3, 0.4) is 0 Å². The standard InChI is InChI=1S/C10H14N5O7P.H2O/c11-8-5-9(13-2-12-8)15(3-14-5)10-7(17)6(16)4(22-10)1-21-23(18,19)20;/h2-4,6-7,10,16-17H,1H2,(H2,11,12,13)(H2,18,19,20);1H2/t4?,6-,7?,10-;/m1./s1. The summed E-state index contributed by atoms with van der Waals surface area (Å²) in [4.78, 5) is 29.2. The Balaban J connectivity index is 0.00000208. The minimum atomic E-state index is -4.72. The van der Waals surface area contributed by atoms with E-state index in [4.69, 9.17) is 20.3 Å². The minimum absolute atomic E-state index is 0. The largest absolute Gasteiger partial charge is 0.469 e. The van der Waals surface area contributed by atoms with Crippen molar-refractivity contribution >= 4 is 24.8 Å². The number of phosphoric ester groups is 1. The molecule has 24 heavy (non-hydrogen) atoms. The van der Waals surface area contributed by atoms with Gasteiger partial charge in [0.05, 0.1) is 12.9 Å². The summed E-state index contributed by atoms with van der Waals surface area (Å²) in [6.45, 7) is -0.594. The highest BCUT2D eigenvalue weighted by atomic mass is 31.2. The average Bonchev–Trinajstić information content (AvgIpc) is 3.01. The van der Waals surface area contributed by atoms with E-state index >= 15 is 0 Å². The van der Waals surface area contributed by atoms with E-state index in [1.54, 1.807) is 0 Å². The fourth-order valence-corrected chi connectivity index (χ4v) is 2.66. The van der Waals surface area contributed by atoms with Gasteiger partial charge >= 0.3 is 7.82 Å². The molecule has 0 radical (unpaired) electrons. The number of hydrogen-bond acceptors (Lipinski definition) is 9. The molecular weight excluding hydrogens is 349 g/mol. The fraction of sp³-hybridized carbons (Fsp3) is 0.500. The van der Waals surface area contributed by atoms with Gasteiger partial charge < -0.3 is 35.9 Å². The van der Waals surface area contributed by atoms with Gasteiger partial charge in [-0.25, -0.2) is 19.5 Å². The van der Waals surface area contributed by atoms with Crippen LogP contribution in [0.2, 0.25) is 0 Å². The number of hydrogen-bond donors (Lipinski definition) is 5. The first kappa shape index (κ1) is 18.6. The third kappa shape index (κ3) is 3.38. The maximum absolute atomic E-state index is 10.7. The van der Waals surface area contributed by atoms with Crippen LogP contribution in [0.25, 0.3) is 11.2 Å². The summed E-state index contributed by atoms with van der Waals surface area (Å²) in [7, 11) is -4.72. The number of fused-ring (bicyclic) bond motifs is 1. The molecule has 2 aromatic rings. The van der Waals surface area contributed by atoms with E-state index < -0.39 is 39.0 Å². The van der Waals surface area contributed by atoms with Crippen LogP contribution in [0.15, 0.2) is 12.7 Å². The number of ether oxygens (including phenoxy) is 1. The number of nitrogens with two attached hydrogens (primary N) is 1. The molecule has 0 aromatic carbocycles. The molecule has 3 heterocycles. The number of nitrogens with zero attached hydrogens (tertiary/aromatic N) is 4. The van der Waals surface area contributed by atoms with E-state index in [2.05, 4.69) is 19.5 Å².